The summed E-state index contributed by atoms with van der Waals surface area (Å²) in [5.41, 5.74) is 3.97. The molecule has 31 heavy (non-hydrogen) atoms. The van der Waals surface area contributed by atoms with E-state index in [0.717, 1.165) is 25.2 Å². The number of halogens is 1. The van der Waals surface area contributed by atoms with Gasteiger partial charge in [-0.15, -0.1) is 5.10 Å². The molecule has 3 aromatic heterocycles. The molecule has 4 heterocycles. The molecular formula is C21H23FN8O. The lowest BCUT2D eigenvalue weighted by Gasteiger charge is -2.19. The molecule has 0 spiro atoms. The predicted molar refractivity (Wildman–Crippen MR) is 116 cm³/mol. The van der Waals surface area contributed by atoms with Crippen LogP contribution in [0, 0.1) is 12.7 Å². The monoisotopic (exact) mass is 422 g/mol. The molecule has 0 bridgehead atoms. The van der Waals surface area contributed by atoms with Gasteiger partial charge in [0.25, 0.3) is 5.91 Å². The fraction of sp³-hybridized carbons (Fsp3) is 0.333. The van der Waals surface area contributed by atoms with Crippen molar-refractivity contribution in [2.24, 2.45) is 7.05 Å². The minimum absolute atomic E-state index is 0.226. The van der Waals surface area contributed by atoms with Crippen molar-refractivity contribution in [2.75, 3.05) is 30.4 Å². The molecule has 10 heteroatoms. The number of nitrogens with zero attached hydrogens (tertiary/aromatic N) is 6. The van der Waals surface area contributed by atoms with E-state index in [4.69, 9.17) is 0 Å². The van der Waals surface area contributed by atoms with E-state index in [1.54, 1.807) is 41.5 Å². The van der Waals surface area contributed by atoms with Gasteiger partial charge in [0.15, 0.2) is 11.5 Å². The Balaban J connectivity index is 1.50. The Kier molecular flexibility index (Phi) is 4.58. The highest BCUT2D eigenvalue weighted by Gasteiger charge is 2.26. The molecule has 0 radical (unpaired) electrons. The highest BCUT2D eigenvalue weighted by atomic mass is 19.1. The summed E-state index contributed by atoms with van der Waals surface area (Å²) >= 11 is 0. The number of nitrogens with one attached hydrogen (secondary N) is 2. The number of rotatable bonds is 4. The summed E-state index contributed by atoms with van der Waals surface area (Å²) in [7, 11) is 3.72. The van der Waals surface area contributed by atoms with Gasteiger partial charge in [0, 0.05) is 44.6 Å². The number of benzene rings is 1. The number of anilines is 2. The van der Waals surface area contributed by atoms with Gasteiger partial charge >= 0.3 is 0 Å². The third kappa shape index (κ3) is 3.28. The fourth-order valence-electron chi connectivity index (χ4n) is 4.25. The quantitative estimate of drug-likeness (QED) is 0.523. The van der Waals surface area contributed by atoms with Crippen LogP contribution in [0.1, 0.15) is 22.5 Å². The fourth-order valence-corrected chi connectivity index (χ4v) is 4.25. The van der Waals surface area contributed by atoms with Crippen molar-refractivity contribution >= 4 is 34.0 Å². The Morgan fingerprint density at radius 1 is 1.29 bits per heavy atom. The van der Waals surface area contributed by atoms with E-state index in [-0.39, 0.29) is 11.6 Å². The summed E-state index contributed by atoms with van der Waals surface area (Å²) in [5, 5.41) is 14.6. The molecular weight excluding hydrogens is 399 g/mol. The second-order valence-corrected chi connectivity index (χ2v) is 7.91. The van der Waals surface area contributed by atoms with E-state index < -0.39 is 5.82 Å². The maximum Gasteiger partial charge on any atom is 0.257 e. The summed E-state index contributed by atoms with van der Waals surface area (Å²) in [6.45, 7) is 3.57. The molecule has 2 N–H and O–H groups in total. The molecule has 1 fully saturated rings. The number of carbonyl (C=O) groups excluding carboxylic acids is 1. The number of hydrogen-bond acceptors (Lipinski definition) is 6. The van der Waals surface area contributed by atoms with E-state index >= 15 is 0 Å². The lowest BCUT2D eigenvalue weighted by Crippen LogP contribution is -2.29. The molecule has 160 valence electrons. The summed E-state index contributed by atoms with van der Waals surface area (Å²) in [5.74, 6) is -0.853. The largest absolute Gasteiger partial charge is 0.368 e. The normalized spacial score (nSPS) is 16.5. The molecule has 5 rings (SSSR count). The number of pyridine rings is 1. The summed E-state index contributed by atoms with van der Waals surface area (Å²) < 4.78 is 17.6. The van der Waals surface area contributed by atoms with Crippen LogP contribution in [0.2, 0.25) is 0 Å². The van der Waals surface area contributed by atoms with Gasteiger partial charge in [0.05, 0.1) is 22.6 Å². The first-order valence-electron chi connectivity index (χ1n) is 10.2. The number of aryl methyl sites for hydroxylation is 2. The van der Waals surface area contributed by atoms with Gasteiger partial charge in [0.1, 0.15) is 11.0 Å². The van der Waals surface area contributed by atoms with Crippen molar-refractivity contribution in [1.29, 1.82) is 0 Å². The standard InChI is InChI=1S/C21H23FN8O/c1-12-9-30-11-14(8-16(22)20(30)24-12)25-21(31)15-4-5-17(18-19(15)28(3)27-26-18)29-7-6-13(10-29)23-2/h4-5,8-9,11,13,23H,6-7,10H2,1-3H3,(H,25,31)/t13-/m1/s1. The van der Waals surface area contributed by atoms with Crippen molar-refractivity contribution in [3.8, 4) is 0 Å². The second kappa shape index (κ2) is 7.31. The molecule has 0 saturated carbocycles. The van der Waals surface area contributed by atoms with E-state index in [2.05, 4.69) is 30.8 Å². The number of fused-ring (bicyclic) bond motifs is 2. The average molecular weight is 422 g/mol. The van der Waals surface area contributed by atoms with Crippen molar-refractivity contribution in [1.82, 2.24) is 29.7 Å². The summed E-state index contributed by atoms with van der Waals surface area (Å²) in [6.07, 6.45) is 4.40. The SMILES string of the molecule is CN[C@@H]1CCN(c2ccc(C(=O)Nc3cc(F)c4nc(C)cn4c3)c3c2nnn3C)C1. The van der Waals surface area contributed by atoms with Crippen molar-refractivity contribution < 1.29 is 9.18 Å². The van der Waals surface area contributed by atoms with Gasteiger partial charge < -0.3 is 19.9 Å². The average Bonchev–Trinajstić information content (AvgIpc) is 3.46. The first-order chi connectivity index (χ1) is 14.9. The van der Waals surface area contributed by atoms with Crippen LogP contribution in [0.3, 0.4) is 0 Å². The molecule has 4 aromatic rings. The molecule has 1 amide bonds. The molecule has 1 aromatic carbocycles. The zero-order chi connectivity index (χ0) is 21.7. The Hall–Kier alpha value is -3.53. The number of amides is 1. The molecule has 0 aliphatic carbocycles. The Labute approximate surface area is 177 Å². The maximum absolute atomic E-state index is 14.4. The molecule has 1 aliphatic rings. The van der Waals surface area contributed by atoms with Crippen LogP contribution in [-0.2, 0) is 7.05 Å². The predicted octanol–water partition coefficient (Wildman–Crippen LogP) is 2.11. The lowest BCUT2D eigenvalue weighted by atomic mass is 10.1. The Morgan fingerprint density at radius 3 is 2.90 bits per heavy atom. The van der Waals surface area contributed by atoms with Gasteiger partial charge in [-0.25, -0.2) is 14.1 Å². The first-order valence-corrected chi connectivity index (χ1v) is 10.2. The van der Waals surface area contributed by atoms with E-state index in [9.17, 15) is 9.18 Å². The lowest BCUT2D eigenvalue weighted by molar-refractivity contribution is 0.102. The van der Waals surface area contributed by atoms with Crippen LogP contribution in [0.25, 0.3) is 16.7 Å². The second-order valence-electron chi connectivity index (χ2n) is 7.91. The third-order valence-electron chi connectivity index (χ3n) is 5.80. The topological polar surface area (TPSA) is 92.4 Å². The third-order valence-corrected chi connectivity index (χ3v) is 5.80. The van der Waals surface area contributed by atoms with Gasteiger partial charge in [-0.1, -0.05) is 5.21 Å². The zero-order valence-corrected chi connectivity index (χ0v) is 17.6. The van der Waals surface area contributed by atoms with Gasteiger partial charge in [-0.05, 0) is 32.5 Å². The smallest absolute Gasteiger partial charge is 0.257 e. The van der Waals surface area contributed by atoms with Crippen LogP contribution in [0.4, 0.5) is 15.8 Å². The highest BCUT2D eigenvalue weighted by molar-refractivity contribution is 6.13. The van der Waals surface area contributed by atoms with Crippen LogP contribution >= 0.6 is 0 Å². The first kappa shape index (κ1) is 19.4. The van der Waals surface area contributed by atoms with Gasteiger partial charge in [-0.3, -0.25) is 4.79 Å². The Morgan fingerprint density at radius 2 is 2.13 bits per heavy atom. The summed E-state index contributed by atoms with van der Waals surface area (Å²) in [4.78, 5) is 19.5. The number of hydrogen-bond donors (Lipinski definition) is 2. The zero-order valence-electron chi connectivity index (χ0n) is 17.6. The summed E-state index contributed by atoms with van der Waals surface area (Å²) in [6, 6.07) is 5.38. The van der Waals surface area contributed by atoms with Crippen LogP contribution in [0.15, 0.2) is 30.6 Å². The van der Waals surface area contributed by atoms with E-state index in [0.29, 0.717) is 34.0 Å². The van der Waals surface area contributed by atoms with E-state index in [1.165, 1.54) is 6.07 Å². The van der Waals surface area contributed by atoms with Crippen LogP contribution in [0.5, 0.6) is 0 Å². The van der Waals surface area contributed by atoms with Crippen molar-refractivity contribution in [3.05, 3.63) is 47.7 Å². The minimum atomic E-state index is -0.498. The maximum atomic E-state index is 14.4. The number of imidazole rings is 1. The molecule has 1 atom stereocenters. The number of carbonyl (C=O) groups is 1. The van der Waals surface area contributed by atoms with Gasteiger partial charge in [-0.2, -0.15) is 0 Å². The van der Waals surface area contributed by atoms with Crippen molar-refractivity contribution in [3.63, 3.8) is 0 Å². The molecule has 9 nitrogen and oxygen atoms in total. The van der Waals surface area contributed by atoms with Gasteiger partial charge in [0.2, 0.25) is 0 Å². The number of likely N-dealkylation sites (N-methyl/N-ethyl adjacent to an activating group) is 1. The molecule has 1 aliphatic heterocycles. The highest BCUT2D eigenvalue weighted by Crippen LogP contribution is 2.30. The Bertz CT molecular complexity index is 1310. The minimum Gasteiger partial charge on any atom is -0.368 e. The van der Waals surface area contributed by atoms with Crippen molar-refractivity contribution in [2.45, 2.75) is 19.4 Å². The molecule has 1 saturated heterocycles. The van der Waals surface area contributed by atoms with Crippen LogP contribution < -0.4 is 15.5 Å². The van der Waals surface area contributed by atoms with E-state index in [1.807, 2.05) is 13.1 Å². The number of aromatic nitrogens is 5. The van der Waals surface area contributed by atoms with Crippen LogP contribution in [-0.4, -0.2) is 56.5 Å². The molecule has 0 unspecified atom stereocenters.